The molecule has 1 heterocycles. The van der Waals surface area contributed by atoms with E-state index in [9.17, 15) is 20.0 Å². The highest BCUT2D eigenvalue weighted by Crippen LogP contribution is 2.28. The number of carbonyl (C=O) groups excluding carboxylic acids is 1. The monoisotopic (exact) mass is 318 g/mol. The summed E-state index contributed by atoms with van der Waals surface area (Å²) < 4.78 is 9.74. The van der Waals surface area contributed by atoms with Crippen molar-refractivity contribution in [2.75, 3.05) is 6.61 Å². The molecule has 23 heavy (non-hydrogen) atoms. The van der Waals surface area contributed by atoms with Crippen LogP contribution in [-0.2, 0) is 9.53 Å². The molecule has 1 atom stereocenters. The summed E-state index contributed by atoms with van der Waals surface area (Å²) in [6.07, 6.45) is -1.41. The van der Waals surface area contributed by atoms with Gasteiger partial charge >= 0.3 is 5.97 Å². The van der Waals surface area contributed by atoms with Gasteiger partial charge in [-0.2, -0.15) is 0 Å². The molecule has 0 aliphatic rings. The van der Waals surface area contributed by atoms with Gasteiger partial charge in [-0.3, -0.25) is 10.1 Å². The molecular weight excluding hydrogens is 304 g/mol. The quantitative estimate of drug-likeness (QED) is 0.376. The van der Waals surface area contributed by atoms with Crippen molar-refractivity contribution in [3.05, 3.63) is 58.4 Å². The van der Waals surface area contributed by atoms with E-state index in [1.807, 2.05) is 0 Å². The Kier molecular flexibility index (Phi) is 4.87. The van der Waals surface area contributed by atoms with Crippen LogP contribution in [0.1, 0.15) is 18.8 Å². The van der Waals surface area contributed by atoms with Gasteiger partial charge in [0.25, 0.3) is 5.69 Å². The lowest BCUT2D eigenvalue weighted by Crippen LogP contribution is -2.13. The van der Waals surface area contributed by atoms with Crippen LogP contribution >= 0.6 is 0 Å². The molecule has 1 unspecified atom stereocenters. The van der Waals surface area contributed by atoms with E-state index in [1.54, 1.807) is 13.0 Å². The first kappa shape index (κ1) is 16.4. The van der Waals surface area contributed by atoms with Crippen molar-refractivity contribution < 1.29 is 24.1 Å². The number of aromatic nitrogens is 1. The number of carbonyl (C=O) groups is 1. The number of nitrogens with zero attached hydrogens (tertiary/aromatic N) is 2. The predicted molar refractivity (Wildman–Crippen MR) is 79.3 cm³/mol. The average Bonchev–Trinajstić information content (AvgIpc) is 3.03. The molecule has 0 saturated carbocycles. The number of aliphatic hydroxyl groups excluding tert-OH is 1. The zero-order valence-corrected chi connectivity index (χ0v) is 12.3. The molecule has 0 spiro atoms. The fourth-order valence-electron chi connectivity index (χ4n) is 1.84. The summed E-state index contributed by atoms with van der Waals surface area (Å²) in [5.41, 5.74) is 0.458. The first-order valence-electron chi connectivity index (χ1n) is 6.69. The van der Waals surface area contributed by atoms with Crippen LogP contribution in [0.2, 0.25) is 0 Å². The number of rotatable bonds is 6. The third-order valence-corrected chi connectivity index (χ3v) is 3.02. The van der Waals surface area contributed by atoms with Gasteiger partial charge in [-0.15, -0.1) is 0 Å². The Morgan fingerprint density at radius 3 is 2.91 bits per heavy atom. The zero-order chi connectivity index (χ0) is 17.0. The number of hydrogen-bond acceptors (Lipinski definition) is 7. The van der Waals surface area contributed by atoms with Crippen LogP contribution in [-0.4, -0.2) is 27.8 Å². The van der Waals surface area contributed by atoms with Crippen molar-refractivity contribution in [3.8, 4) is 11.3 Å². The minimum atomic E-state index is -1.41. The topological polar surface area (TPSA) is 116 Å². The van der Waals surface area contributed by atoms with Crippen LogP contribution in [0.3, 0.4) is 0 Å². The minimum Gasteiger partial charge on any atom is -0.463 e. The molecule has 1 aromatic heterocycles. The number of esters is 1. The molecule has 2 aromatic rings. The normalized spacial score (nSPS) is 11.7. The van der Waals surface area contributed by atoms with Gasteiger partial charge in [-0.1, -0.05) is 23.9 Å². The zero-order valence-electron chi connectivity index (χ0n) is 12.3. The maximum Gasteiger partial charge on any atom is 0.336 e. The number of nitro groups is 1. The molecule has 8 nitrogen and oxygen atoms in total. The molecule has 8 heteroatoms. The van der Waals surface area contributed by atoms with Gasteiger partial charge in [0.2, 0.25) is 0 Å². The maximum absolute atomic E-state index is 11.5. The number of hydrogen-bond donors (Lipinski definition) is 1. The standard InChI is InChI=1S/C15H14N2O6/c1-3-22-15(19)9(2)14(18)13-8-12(16-23-13)10-5-4-6-11(7-10)17(20)21/h4-8,14,18H,2-3H2,1H3. The summed E-state index contributed by atoms with van der Waals surface area (Å²) in [4.78, 5) is 21.8. The molecule has 0 aliphatic heterocycles. The summed E-state index contributed by atoms with van der Waals surface area (Å²) in [5, 5.41) is 24.6. The molecule has 0 aliphatic carbocycles. The fourth-order valence-corrected chi connectivity index (χ4v) is 1.84. The first-order chi connectivity index (χ1) is 10.9. The predicted octanol–water partition coefficient (Wildman–Crippen LogP) is 2.40. The molecule has 2 rings (SSSR count). The van der Waals surface area contributed by atoms with Crippen LogP contribution < -0.4 is 0 Å². The van der Waals surface area contributed by atoms with Gasteiger partial charge in [-0.25, -0.2) is 4.79 Å². The Bertz CT molecular complexity index is 752. The maximum atomic E-state index is 11.5. The molecule has 1 aromatic carbocycles. The molecular formula is C15H14N2O6. The smallest absolute Gasteiger partial charge is 0.336 e. The van der Waals surface area contributed by atoms with Crippen LogP contribution in [0.25, 0.3) is 11.3 Å². The molecule has 1 N–H and O–H groups in total. The van der Waals surface area contributed by atoms with Crippen molar-refractivity contribution in [2.45, 2.75) is 13.0 Å². The van der Waals surface area contributed by atoms with Gasteiger partial charge in [0.1, 0.15) is 11.8 Å². The minimum absolute atomic E-state index is 0.00967. The second-order valence-electron chi connectivity index (χ2n) is 4.57. The molecule has 0 bridgehead atoms. The highest BCUT2D eigenvalue weighted by molar-refractivity contribution is 5.89. The lowest BCUT2D eigenvalue weighted by Gasteiger charge is -2.08. The largest absolute Gasteiger partial charge is 0.463 e. The summed E-state index contributed by atoms with van der Waals surface area (Å²) in [5.74, 6) is -0.752. The van der Waals surface area contributed by atoms with E-state index in [4.69, 9.17) is 9.26 Å². The van der Waals surface area contributed by atoms with E-state index in [0.29, 0.717) is 11.3 Å². The van der Waals surface area contributed by atoms with Gasteiger partial charge in [-0.05, 0) is 6.92 Å². The van der Waals surface area contributed by atoms with E-state index in [0.717, 1.165) is 0 Å². The van der Waals surface area contributed by atoms with Crippen LogP contribution in [0, 0.1) is 10.1 Å². The molecule has 120 valence electrons. The van der Waals surface area contributed by atoms with Crippen LogP contribution in [0.5, 0.6) is 0 Å². The van der Waals surface area contributed by atoms with Gasteiger partial charge in [0, 0.05) is 23.8 Å². The Balaban J connectivity index is 2.23. The van der Waals surface area contributed by atoms with Crippen LogP contribution in [0.15, 0.2) is 47.0 Å². The lowest BCUT2D eigenvalue weighted by atomic mass is 10.1. The molecule has 0 amide bonds. The van der Waals surface area contributed by atoms with E-state index >= 15 is 0 Å². The van der Waals surface area contributed by atoms with Crippen molar-refractivity contribution in [3.63, 3.8) is 0 Å². The van der Waals surface area contributed by atoms with E-state index in [-0.39, 0.29) is 23.6 Å². The molecule has 0 fully saturated rings. The number of non-ortho nitro benzene ring substituents is 1. The number of nitro benzene ring substituents is 1. The third-order valence-electron chi connectivity index (χ3n) is 3.02. The summed E-state index contributed by atoms with van der Waals surface area (Å²) in [7, 11) is 0. The van der Waals surface area contributed by atoms with E-state index in [1.165, 1.54) is 24.3 Å². The second kappa shape index (κ2) is 6.84. The molecule has 0 saturated heterocycles. The number of ether oxygens (including phenoxy) is 1. The van der Waals surface area contributed by atoms with Gasteiger partial charge in [0.05, 0.1) is 17.1 Å². The van der Waals surface area contributed by atoms with Crippen molar-refractivity contribution in [1.82, 2.24) is 5.16 Å². The second-order valence-corrected chi connectivity index (χ2v) is 4.57. The molecule has 0 radical (unpaired) electrons. The highest BCUT2D eigenvalue weighted by Gasteiger charge is 2.24. The summed E-state index contributed by atoms with van der Waals surface area (Å²) in [6.45, 7) is 5.25. The Morgan fingerprint density at radius 1 is 1.52 bits per heavy atom. The summed E-state index contributed by atoms with van der Waals surface area (Å²) >= 11 is 0. The van der Waals surface area contributed by atoms with Gasteiger partial charge < -0.3 is 14.4 Å². The summed E-state index contributed by atoms with van der Waals surface area (Å²) in [6, 6.07) is 7.18. The Morgan fingerprint density at radius 2 is 2.26 bits per heavy atom. The Hall–Kier alpha value is -3.00. The van der Waals surface area contributed by atoms with Crippen molar-refractivity contribution in [1.29, 1.82) is 0 Å². The first-order valence-corrected chi connectivity index (χ1v) is 6.69. The fraction of sp³-hybridized carbons (Fsp3) is 0.200. The number of aliphatic hydroxyl groups is 1. The highest BCUT2D eigenvalue weighted by atomic mass is 16.6. The van der Waals surface area contributed by atoms with Crippen LogP contribution in [0.4, 0.5) is 5.69 Å². The SMILES string of the molecule is C=C(C(=O)OCC)C(O)c1cc(-c2cccc([N+](=O)[O-])c2)no1. The van der Waals surface area contributed by atoms with Crippen molar-refractivity contribution in [2.24, 2.45) is 0 Å². The lowest BCUT2D eigenvalue weighted by molar-refractivity contribution is -0.384. The third kappa shape index (κ3) is 3.61. The van der Waals surface area contributed by atoms with E-state index in [2.05, 4.69) is 11.7 Å². The van der Waals surface area contributed by atoms with E-state index < -0.39 is 17.0 Å². The Labute approximate surface area is 131 Å². The van der Waals surface area contributed by atoms with Crippen molar-refractivity contribution >= 4 is 11.7 Å². The number of benzene rings is 1. The van der Waals surface area contributed by atoms with Gasteiger partial charge in [0.15, 0.2) is 5.76 Å². The average molecular weight is 318 g/mol.